The van der Waals surface area contributed by atoms with Crippen molar-refractivity contribution in [1.82, 2.24) is 10.2 Å². The van der Waals surface area contributed by atoms with Crippen LogP contribution >= 0.6 is 0 Å². The molecule has 5 nitrogen and oxygen atoms in total. The van der Waals surface area contributed by atoms with Gasteiger partial charge in [0.2, 0.25) is 0 Å². The molecule has 0 aliphatic carbocycles. The van der Waals surface area contributed by atoms with Crippen LogP contribution in [0.2, 0.25) is 0 Å². The molecule has 0 spiro atoms. The fraction of sp³-hybridized carbons (Fsp3) is 0.529. The zero-order chi connectivity index (χ0) is 15.9. The molecule has 0 saturated carbocycles. The summed E-state index contributed by atoms with van der Waals surface area (Å²) in [6, 6.07) is 9.24. The Kier molecular flexibility index (Phi) is 5.79. The van der Waals surface area contributed by atoms with Gasteiger partial charge in [0.25, 0.3) is 0 Å². The van der Waals surface area contributed by atoms with Gasteiger partial charge in [-0.05, 0) is 31.0 Å². The zero-order valence-electron chi connectivity index (χ0n) is 13.2. The molecular weight excluding hydrogens is 278 g/mol. The number of carbonyl (C=O) groups excluding carboxylic acids is 1. The molecule has 118 valence electrons. The lowest BCUT2D eigenvalue weighted by atomic mass is 10.1. The van der Waals surface area contributed by atoms with Crippen molar-refractivity contribution in [2.75, 3.05) is 19.7 Å². The lowest BCUT2D eigenvalue weighted by Crippen LogP contribution is -2.50. The second kappa shape index (κ2) is 7.81. The van der Waals surface area contributed by atoms with Crippen molar-refractivity contribution >= 4 is 6.03 Å². The van der Waals surface area contributed by atoms with E-state index in [0.717, 1.165) is 18.4 Å². The molecule has 1 saturated heterocycles. The quantitative estimate of drug-likeness (QED) is 0.930. The first-order valence-corrected chi connectivity index (χ1v) is 7.81. The van der Waals surface area contributed by atoms with E-state index in [1.807, 2.05) is 30.0 Å². The Morgan fingerprint density at radius 2 is 2.41 bits per heavy atom. The summed E-state index contributed by atoms with van der Waals surface area (Å²) >= 11 is 0. The predicted octanol–water partition coefficient (Wildman–Crippen LogP) is 2.83. The molecule has 1 aromatic rings. The van der Waals surface area contributed by atoms with Crippen LogP contribution in [-0.2, 0) is 4.74 Å². The van der Waals surface area contributed by atoms with Gasteiger partial charge >= 0.3 is 6.03 Å². The minimum absolute atomic E-state index is 0.0701. The molecule has 5 heteroatoms. The summed E-state index contributed by atoms with van der Waals surface area (Å²) in [5.41, 5.74) is 1.54. The van der Waals surface area contributed by atoms with Crippen LogP contribution in [0.5, 0.6) is 0 Å². The van der Waals surface area contributed by atoms with Crippen LogP contribution in [0.1, 0.15) is 43.9 Å². The number of urea groups is 1. The minimum atomic E-state index is -0.131. The average Bonchev–Trinajstić information content (AvgIpc) is 2.55. The molecule has 1 aromatic carbocycles. The summed E-state index contributed by atoms with van der Waals surface area (Å²) in [4.78, 5) is 14.2. The van der Waals surface area contributed by atoms with Crippen LogP contribution in [0.25, 0.3) is 0 Å². The van der Waals surface area contributed by atoms with Crippen LogP contribution < -0.4 is 5.32 Å². The standard InChI is InChI=1S/C17H23N3O2/c1-3-5-16-12-20(8-9-22-16)17(21)19-13(2)15-7-4-6-14(10-15)11-18/h4,6-7,10,13,16H,3,5,8-9,12H2,1-2H3,(H,19,21)/t13-,16-/m1/s1. The van der Waals surface area contributed by atoms with Crippen molar-refractivity contribution in [3.8, 4) is 6.07 Å². The third-order valence-electron chi connectivity index (χ3n) is 3.89. The first-order chi connectivity index (χ1) is 10.6. The predicted molar refractivity (Wildman–Crippen MR) is 84.3 cm³/mol. The Bertz CT molecular complexity index is 551. The summed E-state index contributed by atoms with van der Waals surface area (Å²) in [5, 5.41) is 12.0. The fourth-order valence-electron chi connectivity index (χ4n) is 2.64. The first-order valence-electron chi connectivity index (χ1n) is 7.81. The monoisotopic (exact) mass is 301 g/mol. The summed E-state index contributed by atoms with van der Waals surface area (Å²) in [5.74, 6) is 0. The van der Waals surface area contributed by atoms with Crippen LogP contribution in [0.3, 0.4) is 0 Å². The second-order valence-electron chi connectivity index (χ2n) is 5.64. The van der Waals surface area contributed by atoms with Crippen molar-refractivity contribution in [2.24, 2.45) is 0 Å². The minimum Gasteiger partial charge on any atom is -0.375 e. The smallest absolute Gasteiger partial charge is 0.318 e. The normalized spacial score (nSPS) is 19.3. The van der Waals surface area contributed by atoms with Gasteiger partial charge in [0.1, 0.15) is 0 Å². The molecule has 1 aliphatic heterocycles. The SMILES string of the molecule is CCC[C@@H]1CN(C(=O)N[C@H](C)c2cccc(C#N)c2)CCO1. The van der Waals surface area contributed by atoms with Crippen molar-refractivity contribution in [3.05, 3.63) is 35.4 Å². The molecule has 2 rings (SSSR count). The van der Waals surface area contributed by atoms with E-state index >= 15 is 0 Å². The largest absolute Gasteiger partial charge is 0.375 e. The van der Waals surface area contributed by atoms with Crippen molar-refractivity contribution < 1.29 is 9.53 Å². The highest BCUT2D eigenvalue weighted by atomic mass is 16.5. The van der Waals surface area contributed by atoms with Gasteiger partial charge in [-0.25, -0.2) is 4.79 Å². The van der Waals surface area contributed by atoms with E-state index in [9.17, 15) is 4.79 Å². The number of amides is 2. The summed E-state index contributed by atoms with van der Waals surface area (Å²) < 4.78 is 5.66. The number of nitrogens with one attached hydrogen (secondary N) is 1. The zero-order valence-corrected chi connectivity index (χ0v) is 13.2. The number of hydrogen-bond acceptors (Lipinski definition) is 3. The maximum Gasteiger partial charge on any atom is 0.318 e. The molecule has 1 heterocycles. The van der Waals surface area contributed by atoms with Crippen LogP contribution in [0.4, 0.5) is 4.79 Å². The van der Waals surface area contributed by atoms with E-state index in [2.05, 4.69) is 18.3 Å². The highest BCUT2D eigenvalue weighted by Gasteiger charge is 2.24. The highest BCUT2D eigenvalue weighted by Crippen LogP contribution is 2.16. The number of hydrogen-bond donors (Lipinski definition) is 1. The van der Waals surface area contributed by atoms with E-state index < -0.39 is 0 Å². The number of rotatable bonds is 4. The molecule has 2 atom stereocenters. The van der Waals surface area contributed by atoms with Gasteiger partial charge in [-0.1, -0.05) is 25.5 Å². The molecule has 0 unspecified atom stereocenters. The van der Waals surface area contributed by atoms with Gasteiger partial charge in [0.15, 0.2) is 0 Å². The third-order valence-corrected chi connectivity index (χ3v) is 3.89. The van der Waals surface area contributed by atoms with Gasteiger partial charge in [-0.15, -0.1) is 0 Å². The number of benzene rings is 1. The Hall–Kier alpha value is -2.06. The number of carbonyl (C=O) groups is 1. The van der Waals surface area contributed by atoms with Gasteiger partial charge in [-0.2, -0.15) is 5.26 Å². The lowest BCUT2D eigenvalue weighted by molar-refractivity contribution is -0.0184. The van der Waals surface area contributed by atoms with E-state index in [1.165, 1.54) is 0 Å². The Balaban J connectivity index is 1.94. The third kappa shape index (κ3) is 4.22. The van der Waals surface area contributed by atoms with Crippen molar-refractivity contribution in [1.29, 1.82) is 5.26 Å². The number of nitriles is 1. The summed E-state index contributed by atoms with van der Waals surface area (Å²) in [7, 11) is 0. The van der Waals surface area contributed by atoms with E-state index in [0.29, 0.717) is 25.3 Å². The van der Waals surface area contributed by atoms with E-state index in [4.69, 9.17) is 10.00 Å². The lowest BCUT2D eigenvalue weighted by Gasteiger charge is -2.33. The molecule has 0 radical (unpaired) electrons. The van der Waals surface area contributed by atoms with Crippen LogP contribution in [0.15, 0.2) is 24.3 Å². The van der Waals surface area contributed by atoms with Gasteiger partial charge in [0.05, 0.1) is 30.4 Å². The summed E-state index contributed by atoms with van der Waals surface area (Å²) in [6.07, 6.45) is 2.17. The maximum absolute atomic E-state index is 12.4. The second-order valence-corrected chi connectivity index (χ2v) is 5.64. The van der Waals surface area contributed by atoms with Gasteiger partial charge in [0, 0.05) is 13.1 Å². The Morgan fingerprint density at radius 3 is 3.14 bits per heavy atom. The Labute approximate surface area is 131 Å². The van der Waals surface area contributed by atoms with Crippen molar-refractivity contribution in [2.45, 2.75) is 38.8 Å². The van der Waals surface area contributed by atoms with Crippen LogP contribution in [-0.4, -0.2) is 36.7 Å². The fourth-order valence-corrected chi connectivity index (χ4v) is 2.64. The Morgan fingerprint density at radius 1 is 1.59 bits per heavy atom. The van der Waals surface area contributed by atoms with E-state index in [1.54, 1.807) is 6.07 Å². The molecule has 2 amide bonds. The molecule has 1 fully saturated rings. The molecule has 22 heavy (non-hydrogen) atoms. The first kappa shape index (κ1) is 16.3. The summed E-state index contributed by atoms with van der Waals surface area (Å²) in [6.45, 7) is 5.91. The molecular formula is C17H23N3O2. The van der Waals surface area contributed by atoms with Crippen molar-refractivity contribution in [3.63, 3.8) is 0 Å². The molecule has 0 bridgehead atoms. The topological polar surface area (TPSA) is 65.4 Å². The van der Waals surface area contributed by atoms with E-state index in [-0.39, 0.29) is 18.2 Å². The molecule has 1 N–H and O–H groups in total. The molecule has 1 aliphatic rings. The maximum atomic E-state index is 12.4. The number of nitrogens with zero attached hydrogens (tertiary/aromatic N) is 2. The highest BCUT2D eigenvalue weighted by molar-refractivity contribution is 5.74. The van der Waals surface area contributed by atoms with Gasteiger partial charge < -0.3 is 15.0 Å². The average molecular weight is 301 g/mol. The molecule has 0 aromatic heterocycles. The van der Waals surface area contributed by atoms with Gasteiger partial charge in [-0.3, -0.25) is 0 Å². The van der Waals surface area contributed by atoms with Crippen LogP contribution in [0, 0.1) is 11.3 Å². The number of ether oxygens (including phenoxy) is 1. The number of morpholine rings is 1.